The largest absolute Gasteiger partial charge is 0.461 e. The Hall–Kier alpha value is -3.46. The van der Waals surface area contributed by atoms with Crippen LogP contribution in [0, 0.1) is 6.92 Å². The molecule has 0 atom stereocenters. The summed E-state index contributed by atoms with van der Waals surface area (Å²) in [5.41, 5.74) is 4.04. The number of amidine groups is 2. The summed E-state index contributed by atoms with van der Waals surface area (Å²) in [6.07, 6.45) is 0. The van der Waals surface area contributed by atoms with Gasteiger partial charge in [0.15, 0.2) is 11.7 Å². The normalized spacial score (nSPS) is 17.0. The number of benzene rings is 3. The Kier molecular flexibility index (Phi) is 3.91. The predicted octanol–water partition coefficient (Wildman–Crippen LogP) is 4.60. The van der Waals surface area contributed by atoms with E-state index in [-0.39, 0.29) is 4.84 Å². The Morgan fingerprint density at radius 2 is 1.27 bits per heavy atom. The van der Waals surface area contributed by atoms with Crippen molar-refractivity contribution >= 4 is 72.8 Å². The molecule has 0 radical (unpaired) electrons. The van der Waals surface area contributed by atoms with Crippen molar-refractivity contribution in [3.8, 4) is 0 Å². The minimum absolute atomic E-state index is 0.103. The Morgan fingerprint density at radius 1 is 0.697 bits per heavy atom. The smallest absolute Gasteiger partial charge is 0.344 e. The van der Waals surface area contributed by atoms with E-state index >= 15 is 0 Å². The molecule has 2 aliphatic rings. The molecular weight excluding hydrogens is 520 g/mol. The molecule has 4 heterocycles. The molecule has 5 nitrogen and oxygen atoms in total. The van der Waals surface area contributed by atoms with Crippen molar-refractivity contribution in [1.82, 2.24) is 8.96 Å². The zero-order valence-corrected chi connectivity index (χ0v) is 20.0. The van der Waals surface area contributed by atoms with E-state index in [1.165, 1.54) is 5.39 Å². The molecule has 3 aromatic carbocycles. The van der Waals surface area contributed by atoms with Crippen LogP contribution in [0.2, 0.25) is 0 Å². The molecule has 7 heteroatoms. The first-order chi connectivity index (χ1) is 16.1. The molecule has 0 saturated heterocycles. The molecular formula is C26H17BIN5. The third-order valence-corrected chi connectivity index (χ3v) is 7.73. The molecule has 2 aromatic heterocycles. The summed E-state index contributed by atoms with van der Waals surface area (Å²) in [5, 5.41) is 5.41. The minimum atomic E-state index is -0.103. The lowest BCUT2D eigenvalue weighted by Crippen LogP contribution is -2.42. The first kappa shape index (κ1) is 19.1. The van der Waals surface area contributed by atoms with Crippen molar-refractivity contribution in [2.24, 2.45) is 15.0 Å². The Bertz CT molecular complexity index is 1830. The van der Waals surface area contributed by atoms with Crippen molar-refractivity contribution in [3.05, 3.63) is 100 Å². The highest BCUT2D eigenvalue weighted by Crippen LogP contribution is 2.35. The molecule has 0 fully saturated rings. The van der Waals surface area contributed by atoms with Gasteiger partial charge in [-0.15, -0.1) is 0 Å². The number of aryl methyl sites for hydroxylation is 1. The van der Waals surface area contributed by atoms with Crippen LogP contribution in [0.4, 0.5) is 5.82 Å². The highest BCUT2D eigenvalue weighted by atomic mass is 127. The highest BCUT2D eigenvalue weighted by Gasteiger charge is 2.30. The van der Waals surface area contributed by atoms with Gasteiger partial charge in [-0.2, -0.15) is 0 Å². The predicted molar refractivity (Wildman–Crippen MR) is 145 cm³/mol. The van der Waals surface area contributed by atoms with Crippen molar-refractivity contribution in [2.75, 3.05) is 0 Å². The van der Waals surface area contributed by atoms with Gasteiger partial charge in [0, 0.05) is 43.7 Å². The topological polar surface area (TPSA) is 46.9 Å². The van der Waals surface area contributed by atoms with Gasteiger partial charge in [-0.1, -0.05) is 102 Å². The number of rotatable bonds is 0. The van der Waals surface area contributed by atoms with Crippen LogP contribution in [0.3, 0.4) is 0 Å². The van der Waals surface area contributed by atoms with Crippen molar-refractivity contribution < 1.29 is 0 Å². The number of fused-ring (bicyclic) bond motifs is 10. The summed E-state index contributed by atoms with van der Waals surface area (Å²) in [5.74, 6) is 2.30. The zero-order valence-electron chi connectivity index (χ0n) is 17.8. The second-order valence-corrected chi connectivity index (χ2v) is 9.46. The number of nitrogens with zero attached hydrogens (tertiary/aromatic N) is 5. The van der Waals surface area contributed by atoms with Crippen molar-refractivity contribution in [3.63, 3.8) is 0 Å². The molecule has 0 amide bonds. The summed E-state index contributed by atoms with van der Waals surface area (Å²) in [7, 11) is 0. The van der Waals surface area contributed by atoms with E-state index in [4.69, 9.17) is 15.0 Å². The summed E-state index contributed by atoms with van der Waals surface area (Å²) in [6.45, 7) is 6.63. The van der Waals surface area contributed by atoms with Crippen LogP contribution in [-0.4, -0.2) is 25.5 Å². The average Bonchev–Trinajstić information content (AvgIpc) is 3.43. The van der Waals surface area contributed by atoms with E-state index in [0.29, 0.717) is 11.7 Å². The third-order valence-electron chi connectivity index (χ3n) is 6.62. The second-order valence-electron chi connectivity index (χ2n) is 8.35. The van der Waals surface area contributed by atoms with E-state index in [9.17, 15) is 0 Å². The molecule has 0 spiro atoms. The van der Waals surface area contributed by atoms with Gasteiger partial charge in [-0.25, -0.2) is 15.0 Å². The second kappa shape index (κ2) is 6.77. The zero-order chi connectivity index (χ0) is 22.3. The molecule has 2 bridgehead atoms. The van der Waals surface area contributed by atoms with E-state index in [1.807, 2.05) is 12.1 Å². The average molecular weight is 537 g/mol. The fraction of sp³-hybridized carbons (Fsp3) is 0.0385. The molecule has 0 unspecified atom stereocenters. The monoisotopic (exact) mass is 537 g/mol. The van der Waals surface area contributed by atoms with Gasteiger partial charge in [0.05, 0.1) is 0 Å². The Morgan fingerprint density at radius 3 is 2.00 bits per heavy atom. The van der Waals surface area contributed by atoms with Crippen LogP contribution >= 0.6 is 22.4 Å². The maximum Gasteiger partial charge on any atom is 0.461 e. The maximum atomic E-state index is 5.15. The van der Waals surface area contributed by atoms with Crippen LogP contribution in [0.1, 0.15) is 16.8 Å². The first-order valence-corrected chi connectivity index (χ1v) is 12.1. The van der Waals surface area contributed by atoms with E-state index in [2.05, 4.69) is 105 Å². The van der Waals surface area contributed by atoms with Gasteiger partial charge >= 0.3 is 4.84 Å². The molecule has 156 valence electrons. The SMILES string of the molecule is C=c1c2ccccc2/c2n1B(I)n1c(C)c3ccccc3c1/N=C1N=C(/N=2)c2ccccc2\1. The first-order valence-electron chi connectivity index (χ1n) is 10.8. The van der Waals surface area contributed by atoms with Crippen molar-refractivity contribution in [1.29, 1.82) is 0 Å². The fourth-order valence-electron chi connectivity index (χ4n) is 5.03. The van der Waals surface area contributed by atoms with Crippen LogP contribution in [0.15, 0.2) is 87.8 Å². The van der Waals surface area contributed by atoms with E-state index < -0.39 is 0 Å². The van der Waals surface area contributed by atoms with Crippen molar-refractivity contribution in [2.45, 2.75) is 6.92 Å². The number of halogens is 1. The summed E-state index contributed by atoms with van der Waals surface area (Å²) < 4.78 is 4.50. The number of aromatic nitrogens is 2. The van der Waals surface area contributed by atoms with Gasteiger partial charge in [0.2, 0.25) is 0 Å². The Labute approximate surface area is 203 Å². The summed E-state index contributed by atoms with van der Waals surface area (Å²) >= 11 is 2.48. The van der Waals surface area contributed by atoms with Crippen LogP contribution in [0.5, 0.6) is 0 Å². The lowest BCUT2D eigenvalue weighted by Gasteiger charge is -2.16. The number of hydrogen-bond donors (Lipinski definition) is 0. The lowest BCUT2D eigenvalue weighted by molar-refractivity contribution is 1.00. The standard InChI is InChI=1S/C26H17BIN5/c1-15-17-9-3-7-13-21(17)25-30-23-19-11-5-6-12-20(19)24(29-23)31-26-22-14-8-4-10-18(22)16(2)33(26)27(28)32(15)25/h3-14H,1H2,2H3/b30-25+,31-24-. The fourth-order valence-corrected chi connectivity index (χ4v) is 6.31. The number of aliphatic imine (C=N–C) groups is 2. The Balaban J connectivity index is 1.73. The molecule has 5 aromatic rings. The molecule has 33 heavy (non-hydrogen) atoms. The molecule has 0 saturated carbocycles. The summed E-state index contributed by atoms with van der Waals surface area (Å²) in [4.78, 5) is 15.1. The molecule has 0 N–H and O–H groups in total. The third kappa shape index (κ3) is 2.51. The molecule has 7 rings (SSSR count). The van der Waals surface area contributed by atoms with Crippen LogP contribution in [0.25, 0.3) is 28.1 Å². The quantitative estimate of drug-likeness (QED) is 0.205. The van der Waals surface area contributed by atoms with Gasteiger partial charge in [0.25, 0.3) is 0 Å². The van der Waals surface area contributed by atoms with Crippen LogP contribution in [-0.2, 0) is 0 Å². The molecule has 0 aliphatic carbocycles. The summed E-state index contributed by atoms with van der Waals surface area (Å²) in [6, 6.07) is 25.0. The van der Waals surface area contributed by atoms with E-state index in [0.717, 1.165) is 49.6 Å². The minimum Gasteiger partial charge on any atom is -0.344 e. The van der Waals surface area contributed by atoms with E-state index in [1.54, 1.807) is 0 Å². The maximum absolute atomic E-state index is 5.15. The van der Waals surface area contributed by atoms with Gasteiger partial charge in [0.1, 0.15) is 11.3 Å². The van der Waals surface area contributed by atoms with Gasteiger partial charge in [-0.3, -0.25) is 0 Å². The van der Waals surface area contributed by atoms with Gasteiger partial charge < -0.3 is 8.96 Å². The highest BCUT2D eigenvalue weighted by molar-refractivity contribution is 14.1. The number of hydrogen-bond acceptors (Lipinski definition) is 3. The molecule has 2 aliphatic heterocycles. The lowest BCUT2D eigenvalue weighted by atomic mass is 10.1. The van der Waals surface area contributed by atoms with Crippen LogP contribution < -0.4 is 10.8 Å². The van der Waals surface area contributed by atoms with Gasteiger partial charge in [-0.05, 0) is 6.92 Å².